The number of hydrogen-bond donors (Lipinski definition) is 0. The van der Waals surface area contributed by atoms with Gasteiger partial charge in [0.2, 0.25) is 15.9 Å². The molecule has 1 unspecified atom stereocenters. The normalized spacial score (nSPS) is 19.9. The summed E-state index contributed by atoms with van der Waals surface area (Å²) in [5.41, 5.74) is 0.412. The van der Waals surface area contributed by atoms with Crippen molar-refractivity contribution in [1.82, 2.24) is 4.90 Å². The van der Waals surface area contributed by atoms with Crippen LogP contribution in [0.5, 0.6) is 11.5 Å². The Kier molecular flexibility index (Phi) is 5.60. The van der Waals surface area contributed by atoms with Crippen LogP contribution in [0.15, 0.2) is 18.2 Å². The molecule has 1 amide bonds. The Balaban J connectivity index is 1.84. The molecule has 0 bridgehead atoms. The van der Waals surface area contributed by atoms with Crippen LogP contribution in [0.4, 0.5) is 5.69 Å². The minimum Gasteiger partial charge on any atom is -0.486 e. The number of anilines is 1. The van der Waals surface area contributed by atoms with Gasteiger partial charge in [0.05, 0.1) is 11.9 Å². The highest BCUT2D eigenvalue weighted by molar-refractivity contribution is 7.92. The summed E-state index contributed by atoms with van der Waals surface area (Å²) in [6.45, 7) is 3.44. The Morgan fingerprint density at radius 1 is 1.23 bits per heavy atom. The van der Waals surface area contributed by atoms with E-state index in [1.165, 1.54) is 0 Å². The Bertz CT molecular complexity index is 765. The van der Waals surface area contributed by atoms with E-state index in [-0.39, 0.29) is 18.5 Å². The summed E-state index contributed by atoms with van der Waals surface area (Å²) in [6.07, 6.45) is 5.05. The van der Waals surface area contributed by atoms with Gasteiger partial charge in [0, 0.05) is 18.7 Å². The summed E-state index contributed by atoms with van der Waals surface area (Å²) in [7, 11) is -3.61. The Labute approximate surface area is 154 Å². The molecular weight excluding hydrogens is 356 g/mol. The molecule has 0 aliphatic carbocycles. The predicted octanol–water partition coefficient (Wildman–Crippen LogP) is 2.01. The molecule has 2 aliphatic heterocycles. The number of benzene rings is 1. The summed E-state index contributed by atoms with van der Waals surface area (Å²) < 4.78 is 36.9. The first kappa shape index (κ1) is 18.8. The molecule has 1 atom stereocenters. The molecule has 0 radical (unpaired) electrons. The van der Waals surface area contributed by atoms with E-state index in [4.69, 9.17) is 9.47 Å². The van der Waals surface area contributed by atoms with Crippen LogP contribution in [0.2, 0.25) is 0 Å². The molecule has 0 aromatic heterocycles. The van der Waals surface area contributed by atoms with Crippen molar-refractivity contribution in [2.45, 2.75) is 38.6 Å². The number of rotatable bonds is 5. The lowest BCUT2D eigenvalue weighted by Crippen LogP contribution is -2.48. The van der Waals surface area contributed by atoms with Gasteiger partial charge in [0.15, 0.2) is 11.5 Å². The number of sulfonamides is 1. The molecule has 7 nitrogen and oxygen atoms in total. The number of piperidine rings is 1. The molecular formula is C18H26N2O5S. The number of hydrogen-bond acceptors (Lipinski definition) is 5. The van der Waals surface area contributed by atoms with Gasteiger partial charge < -0.3 is 14.4 Å². The van der Waals surface area contributed by atoms with Gasteiger partial charge in [0.25, 0.3) is 0 Å². The zero-order valence-corrected chi connectivity index (χ0v) is 16.1. The second-order valence-electron chi connectivity index (χ2n) is 6.74. The van der Waals surface area contributed by atoms with Gasteiger partial charge in [0.1, 0.15) is 19.8 Å². The van der Waals surface area contributed by atoms with Crippen LogP contribution in [-0.2, 0) is 14.8 Å². The molecule has 26 heavy (non-hydrogen) atoms. The molecule has 2 aliphatic rings. The second-order valence-corrected chi connectivity index (χ2v) is 8.65. The highest BCUT2D eigenvalue weighted by Gasteiger charge is 2.29. The van der Waals surface area contributed by atoms with Crippen molar-refractivity contribution in [1.29, 1.82) is 0 Å². The van der Waals surface area contributed by atoms with E-state index in [1.54, 1.807) is 18.2 Å². The number of carbonyl (C=O) groups excluding carboxylic acids is 1. The lowest BCUT2D eigenvalue weighted by molar-refractivity contribution is -0.133. The first-order chi connectivity index (χ1) is 12.4. The molecule has 0 saturated carbocycles. The van der Waals surface area contributed by atoms with Gasteiger partial charge in [-0.05, 0) is 37.8 Å². The Hall–Kier alpha value is -1.96. The van der Waals surface area contributed by atoms with E-state index in [0.717, 1.165) is 36.2 Å². The third-order valence-electron chi connectivity index (χ3n) is 4.91. The number of likely N-dealkylation sites (tertiary alicyclic amines) is 1. The van der Waals surface area contributed by atoms with Gasteiger partial charge >= 0.3 is 0 Å². The standard InChI is InChI=1S/C18H26N2O5S/c1-3-14-6-4-5-9-19(14)18(21)13-20(26(2,22)23)15-7-8-16-17(12-15)25-11-10-24-16/h7-8,12,14H,3-6,9-11,13H2,1-2H3. The lowest BCUT2D eigenvalue weighted by atomic mass is 10.00. The average molecular weight is 382 g/mol. The summed E-state index contributed by atoms with van der Waals surface area (Å²) in [6, 6.07) is 5.14. The van der Waals surface area contributed by atoms with Gasteiger partial charge in [-0.3, -0.25) is 9.10 Å². The van der Waals surface area contributed by atoms with Crippen molar-refractivity contribution in [3.63, 3.8) is 0 Å². The number of carbonyl (C=O) groups is 1. The largest absolute Gasteiger partial charge is 0.486 e. The van der Waals surface area contributed by atoms with E-state index in [1.807, 2.05) is 4.90 Å². The van der Waals surface area contributed by atoms with Crippen molar-refractivity contribution in [2.24, 2.45) is 0 Å². The predicted molar refractivity (Wildman–Crippen MR) is 99.3 cm³/mol. The van der Waals surface area contributed by atoms with Crippen LogP contribution in [0.25, 0.3) is 0 Å². The van der Waals surface area contributed by atoms with Gasteiger partial charge in [-0.1, -0.05) is 6.92 Å². The van der Waals surface area contributed by atoms with E-state index in [9.17, 15) is 13.2 Å². The van der Waals surface area contributed by atoms with Crippen LogP contribution in [0.3, 0.4) is 0 Å². The molecule has 1 saturated heterocycles. The second kappa shape index (κ2) is 7.73. The van der Waals surface area contributed by atoms with Gasteiger partial charge in [-0.15, -0.1) is 0 Å². The topological polar surface area (TPSA) is 76.2 Å². The Morgan fingerprint density at radius 3 is 2.65 bits per heavy atom. The van der Waals surface area contributed by atoms with Gasteiger partial charge in [-0.2, -0.15) is 0 Å². The molecule has 0 spiro atoms. The molecule has 8 heteroatoms. The SMILES string of the molecule is CCC1CCCCN1C(=O)CN(c1ccc2c(c1)OCCO2)S(C)(=O)=O. The molecule has 3 rings (SSSR count). The molecule has 144 valence electrons. The van der Waals surface area contributed by atoms with Crippen molar-refractivity contribution in [3.8, 4) is 11.5 Å². The summed E-state index contributed by atoms with van der Waals surface area (Å²) in [5.74, 6) is 0.929. The fraction of sp³-hybridized carbons (Fsp3) is 0.611. The minimum atomic E-state index is -3.61. The highest BCUT2D eigenvalue weighted by Crippen LogP contribution is 2.34. The monoisotopic (exact) mass is 382 g/mol. The van der Waals surface area contributed by atoms with Gasteiger partial charge in [-0.25, -0.2) is 8.42 Å². The molecule has 1 aromatic carbocycles. The fourth-order valence-corrected chi connectivity index (χ4v) is 4.40. The fourth-order valence-electron chi connectivity index (χ4n) is 3.55. The van der Waals surface area contributed by atoms with E-state index < -0.39 is 10.0 Å². The van der Waals surface area contributed by atoms with Crippen LogP contribution in [-0.4, -0.2) is 57.8 Å². The molecule has 0 N–H and O–H groups in total. The van der Waals surface area contributed by atoms with Crippen LogP contribution in [0, 0.1) is 0 Å². The van der Waals surface area contributed by atoms with E-state index in [2.05, 4.69) is 6.92 Å². The quantitative estimate of drug-likeness (QED) is 0.779. The number of fused-ring (bicyclic) bond motifs is 1. The average Bonchev–Trinajstić information content (AvgIpc) is 2.64. The van der Waals surface area contributed by atoms with Crippen LogP contribution in [0.1, 0.15) is 32.6 Å². The molecule has 2 heterocycles. The summed E-state index contributed by atoms with van der Waals surface area (Å²) >= 11 is 0. The highest BCUT2D eigenvalue weighted by atomic mass is 32.2. The third kappa shape index (κ3) is 4.06. The number of nitrogens with zero attached hydrogens (tertiary/aromatic N) is 2. The lowest BCUT2D eigenvalue weighted by Gasteiger charge is -2.36. The molecule has 1 aromatic rings. The van der Waals surface area contributed by atoms with Crippen molar-refractivity contribution < 1.29 is 22.7 Å². The van der Waals surface area contributed by atoms with Crippen molar-refractivity contribution >= 4 is 21.6 Å². The molecule has 1 fully saturated rings. The van der Waals surface area contributed by atoms with Crippen LogP contribution >= 0.6 is 0 Å². The Morgan fingerprint density at radius 2 is 1.96 bits per heavy atom. The zero-order valence-electron chi connectivity index (χ0n) is 15.3. The maximum absolute atomic E-state index is 12.9. The zero-order chi connectivity index (χ0) is 18.7. The number of ether oxygens (including phenoxy) is 2. The smallest absolute Gasteiger partial charge is 0.243 e. The summed E-state index contributed by atoms with van der Waals surface area (Å²) in [5, 5.41) is 0. The summed E-state index contributed by atoms with van der Waals surface area (Å²) in [4.78, 5) is 14.7. The first-order valence-corrected chi connectivity index (χ1v) is 10.9. The van der Waals surface area contributed by atoms with Crippen LogP contribution < -0.4 is 13.8 Å². The van der Waals surface area contributed by atoms with Crippen molar-refractivity contribution in [2.75, 3.05) is 36.9 Å². The first-order valence-electron chi connectivity index (χ1n) is 9.07. The number of amides is 1. The maximum Gasteiger partial charge on any atom is 0.243 e. The maximum atomic E-state index is 12.9. The van der Waals surface area contributed by atoms with E-state index in [0.29, 0.717) is 36.9 Å². The minimum absolute atomic E-state index is 0.156. The van der Waals surface area contributed by atoms with E-state index >= 15 is 0 Å². The van der Waals surface area contributed by atoms with Crippen molar-refractivity contribution in [3.05, 3.63) is 18.2 Å². The third-order valence-corrected chi connectivity index (χ3v) is 6.05.